The third-order valence-electron chi connectivity index (χ3n) is 5.44. The summed E-state index contributed by atoms with van der Waals surface area (Å²) in [5.41, 5.74) is -0.341. The van der Waals surface area contributed by atoms with Gasteiger partial charge in [-0.2, -0.15) is 0 Å². The highest BCUT2D eigenvalue weighted by molar-refractivity contribution is 14.1. The minimum absolute atomic E-state index is 0.0856. The van der Waals surface area contributed by atoms with Crippen molar-refractivity contribution in [2.24, 2.45) is 17.3 Å². The highest BCUT2D eigenvalue weighted by Gasteiger charge is 2.52. The van der Waals surface area contributed by atoms with E-state index in [9.17, 15) is 4.79 Å². The number of ether oxygens (including phenoxy) is 2. The summed E-state index contributed by atoms with van der Waals surface area (Å²) in [6.07, 6.45) is 7.30. The second kappa shape index (κ2) is 7.55. The first kappa shape index (κ1) is 17.4. The maximum absolute atomic E-state index is 12.3. The Bertz CT molecular complexity index is 378. The Morgan fingerprint density at radius 1 is 1.48 bits per heavy atom. The minimum atomic E-state index is -0.341. The van der Waals surface area contributed by atoms with Crippen molar-refractivity contribution in [2.75, 3.05) is 11.0 Å². The van der Waals surface area contributed by atoms with E-state index in [0.29, 0.717) is 0 Å². The number of hydrogen-bond acceptors (Lipinski definition) is 3. The second-order valence-electron chi connectivity index (χ2n) is 6.49. The Hall–Kier alpha value is 0.0600. The third-order valence-corrected chi connectivity index (χ3v) is 6.31. The van der Waals surface area contributed by atoms with Gasteiger partial charge in [0, 0.05) is 16.4 Å². The predicted molar refractivity (Wildman–Crippen MR) is 92.6 cm³/mol. The molecule has 1 unspecified atom stereocenters. The summed E-state index contributed by atoms with van der Waals surface area (Å²) in [5, 5.41) is 0. The molecule has 1 heterocycles. The lowest BCUT2D eigenvalue weighted by atomic mass is 9.69. The summed E-state index contributed by atoms with van der Waals surface area (Å²) in [4.78, 5) is 12.3. The Kier molecular flexibility index (Phi) is 6.26. The summed E-state index contributed by atoms with van der Waals surface area (Å²) < 4.78 is 12.9. The molecule has 1 saturated heterocycles. The van der Waals surface area contributed by atoms with Gasteiger partial charge in [-0.1, -0.05) is 35.6 Å². The van der Waals surface area contributed by atoms with Gasteiger partial charge in [-0.25, -0.2) is 0 Å². The van der Waals surface area contributed by atoms with Crippen molar-refractivity contribution in [3.63, 3.8) is 0 Å². The van der Waals surface area contributed by atoms with Crippen LogP contribution in [0.1, 0.15) is 46.0 Å². The number of hydrogen-bond donors (Lipinski definition) is 0. The SMILES string of the molecule is C=C[C@H]1CC[C@@H]([C@H](CI)OC2CCCCO2)[C@]1(C)C(C)=O. The van der Waals surface area contributed by atoms with Crippen LogP contribution in [0.4, 0.5) is 0 Å². The number of carbonyl (C=O) groups excluding carboxylic acids is 1. The molecule has 21 heavy (non-hydrogen) atoms. The lowest BCUT2D eigenvalue weighted by molar-refractivity contribution is -0.199. The monoisotopic (exact) mass is 406 g/mol. The van der Waals surface area contributed by atoms with E-state index >= 15 is 0 Å². The fraction of sp³-hybridized carbons (Fsp3) is 0.824. The van der Waals surface area contributed by atoms with Crippen LogP contribution in [0.2, 0.25) is 0 Å². The molecule has 0 spiro atoms. The molecule has 3 nitrogen and oxygen atoms in total. The van der Waals surface area contributed by atoms with Gasteiger partial charge in [0.05, 0.1) is 6.10 Å². The first-order valence-corrected chi connectivity index (χ1v) is 9.53. The van der Waals surface area contributed by atoms with Crippen molar-refractivity contribution in [3.8, 4) is 0 Å². The molecule has 1 aliphatic carbocycles. The molecular formula is C17H27IO3. The average molecular weight is 406 g/mol. The van der Waals surface area contributed by atoms with Crippen LogP contribution < -0.4 is 0 Å². The lowest BCUT2D eigenvalue weighted by Gasteiger charge is -2.39. The van der Waals surface area contributed by atoms with E-state index in [-0.39, 0.29) is 35.4 Å². The van der Waals surface area contributed by atoms with E-state index in [1.807, 2.05) is 6.08 Å². The van der Waals surface area contributed by atoms with Gasteiger partial charge in [-0.15, -0.1) is 6.58 Å². The number of ketones is 1. The number of allylic oxidation sites excluding steroid dienone is 1. The van der Waals surface area contributed by atoms with Gasteiger partial charge < -0.3 is 9.47 Å². The zero-order valence-corrected chi connectivity index (χ0v) is 15.3. The molecule has 5 atom stereocenters. The molecule has 2 fully saturated rings. The van der Waals surface area contributed by atoms with Crippen molar-refractivity contribution in [1.29, 1.82) is 0 Å². The molecular weight excluding hydrogens is 379 g/mol. The Balaban J connectivity index is 2.12. The van der Waals surface area contributed by atoms with Crippen LogP contribution >= 0.6 is 22.6 Å². The summed E-state index contributed by atoms with van der Waals surface area (Å²) in [7, 11) is 0. The van der Waals surface area contributed by atoms with Gasteiger partial charge in [0.15, 0.2) is 6.29 Å². The highest BCUT2D eigenvalue weighted by atomic mass is 127. The van der Waals surface area contributed by atoms with Crippen molar-refractivity contribution >= 4 is 28.4 Å². The van der Waals surface area contributed by atoms with Gasteiger partial charge in [0.2, 0.25) is 0 Å². The molecule has 120 valence electrons. The highest BCUT2D eigenvalue weighted by Crippen LogP contribution is 2.51. The van der Waals surface area contributed by atoms with Gasteiger partial charge in [-0.05, 0) is 50.9 Å². The van der Waals surface area contributed by atoms with E-state index in [4.69, 9.17) is 9.47 Å². The van der Waals surface area contributed by atoms with E-state index in [0.717, 1.165) is 36.7 Å². The van der Waals surface area contributed by atoms with Gasteiger partial charge in [-0.3, -0.25) is 4.79 Å². The Labute approximate surface area is 142 Å². The van der Waals surface area contributed by atoms with Gasteiger partial charge in [0.1, 0.15) is 5.78 Å². The standard InChI is InChI=1S/C17H27IO3/c1-4-13-8-9-14(17(13,3)12(2)19)15(11-18)21-16-7-5-6-10-20-16/h4,13-16H,1,5-11H2,2-3H3/t13-,14-,15-,16?,17+/m0/s1. The molecule has 0 aromatic carbocycles. The van der Waals surface area contributed by atoms with Crippen LogP contribution in [0.15, 0.2) is 12.7 Å². The maximum atomic E-state index is 12.3. The van der Waals surface area contributed by atoms with Crippen molar-refractivity contribution < 1.29 is 14.3 Å². The van der Waals surface area contributed by atoms with Crippen molar-refractivity contribution in [2.45, 2.75) is 58.3 Å². The van der Waals surface area contributed by atoms with Gasteiger partial charge in [0.25, 0.3) is 0 Å². The van der Waals surface area contributed by atoms with E-state index in [2.05, 4.69) is 36.1 Å². The van der Waals surface area contributed by atoms with Crippen LogP contribution in [0.3, 0.4) is 0 Å². The quantitative estimate of drug-likeness (QED) is 0.378. The number of halogens is 1. The van der Waals surface area contributed by atoms with E-state index in [1.165, 1.54) is 6.42 Å². The molecule has 0 aromatic rings. The Morgan fingerprint density at radius 3 is 2.76 bits per heavy atom. The number of carbonyl (C=O) groups is 1. The molecule has 4 heteroatoms. The van der Waals surface area contributed by atoms with Crippen LogP contribution in [0.5, 0.6) is 0 Å². The zero-order chi connectivity index (χ0) is 15.5. The second-order valence-corrected chi connectivity index (χ2v) is 7.37. The van der Waals surface area contributed by atoms with Crippen LogP contribution in [0, 0.1) is 17.3 Å². The predicted octanol–water partition coefficient (Wildman–Crippen LogP) is 4.14. The minimum Gasteiger partial charge on any atom is -0.353 e. The fourth-order valence-corrected chi connectivity index (χ4v) is 4.76. The topological polar surface area (TPSA) is 35.5 Å². The third kappa shape index (κ3) is 3.53. The van der Waals surface area contributed by atoms with Crippen LogP contribution in [0.25, 0.3) is 0 Å². The zero-order valence-electron chi connectivity index (χ0n) is 13.1. The lowest BCUT2D eigenvalue weighted by Crippen LogP contribution is -2.44. The number of Topliss-reactive ketones (excluding diaryl/α,β-unsaturated/α-hetero) is 1. The molecule has 0 N–H and O–H groups in total. The molecule has 0 aromatic heterocycles. The molecule has 0 radical (unpaired) electrons. The van der Waals surface area contributed by atoms with Crippen molar-refractivity contribution in [3.05, 3.63) is 12.7 Å². The summed E-state index contributed by atoms with van der Waals surface area (Å²) in [6, 6.07) is 0. The Morgan fingerprint density at radius 2 is 2.24 bits per heavy atom. The normalized spacial score (nSPS) is 38.1. The average Bonchev–Trinajstić information content (AvgIpc) is 2.84. The summed E-state index contributed by atoms with van der Waals surface area (Å²) in [5.74, 6) is 0.791. The fourth-order valence-electron chi connectivity index (χ4n) is 3.94. The van der Waals surface area contributed by atoms with Crippen LogP contribution in [-0.2, 0) is 14.3 Å². The van der Waals surface area contributed by atoms with E-state index < -0.39 is 0 Å². The molecule has 0 bridgehead atoms. The summed E-state index contributed by atoms with van der Waals surface area (Å²) >= 11 is 2.38. The molecule has 1 aliphatic heterocycles. The maximum Gasteiger partial charge on any atom is 0.157 e. The van der Waals surface area contributed by atoms with Gasteiger partial charge >= 0.3 is 0 Å². The summed E-state index contributed by atoms with van der Waals surface area (Å²) in [6.45, 7) is 8.55. The molecule has 2 aliphatic rings. The first-order chi connectivity index (χ1) is 10.0. The van der Waals surface area contributed by atoms with E-state index in [1.54, 1.807) is 6.92 Å². The largest absolute Gasteiger partial charge is 0.353 e. The van der Waals surface area contributed by atoms with Crippen molar-refractivity contribution in [1.82, 2.24) is 0 Å². The number of rotatable bonds is 6. The van der Waals surface area contributed by atoms with Crippen LogP contribution in [-0.4, -0.2) is 29.2 Å². The first-order valence-electron chi connectivity index (χ1n) is 8.00. The molecule has 2 rings (SSSR count). The molecule has 1 saturated carbocycles. The smallest absolute Gasteiger partial charge is 0.157 e. The number of alkyl halides is 1. The molecule has 0 amide bonds.